The predicted octanol–water partition coefficient (Wildman–Crippen LogP) is 2.64. The number of benzene rings is 1. The summed E-state index contributed by atoms with van der Waals surface area (Å²) in [7, 11) is 0. The molecular weight excluding hydrogens is 306 g/mol. The van der Waals surface area contributed by atoms with E-state index in [1.54, 1.807) is 26.0 Å². The number of aromatic amines is 2. The Bertz CT molecular complexity index is 826. The van der Waals surface area contributed by atoms with Gasteiger partial charge in [-0.05, 0) is 37.7 Å². The van der Waals surface area contributed by atoms with Gasteiger partial charge in [-0.1, -0.05) is 6.07 Å². The van der Waals surface area contributed by atoms with E-state index in [0.29, 0.717) is 23.4 Å². The Labute approximate surface area is 131 Å². The van der Waals surface area contributed by atoms with Crippen LogP contribution in [0.3, 0.4) is 0 Å². The molecule has 0 saturated carbocycles. The minimum Gasteiger partial charge on any atom is -0.487 e. The number of hydrogen-bond acceptors (Lipinski definition) is 5. The third-order valence-electron chi connectivity index (χ3n) is 3.16. The molecular formula is C14H15N3O4S. The summed E-state index contributed by atoms with van der Waals surface area (Å²) >= 11 is 4.90. The number of nitro benzene ring substituents is 1. The van der Waals surface area contributed by atoms with Crippen LogP contribution in [0.15, 0.2) is 23.0 Å². The molecule has 0 amide bonds. The average Bonchev–Trinajstić information content (AvgIpc) is 2.44. The lowest BCUT2D eigenvalue weighted by Crippen LogP contribution is -2.16. The van der Waals surface area contributed by atoms with Gasteiger partial charge in [0.1, 0.15) is 0 Å². The Hall–Kier alpha value is -2.48. The molecule has 2 aromatic rings. The normalized spacial score (nSPS) is 10.5. The molecule has 2 rings (SSSR count). The zero-order chi connectivity index (χ0) is 16.3. The van der Waals surface area contributed by atoms with Gasteiger partial charge in [-0.3, -0.25) is 19.9 Å². The number of ether oxygens (including phenoxy) is 1. The maximum absolute atomic E-state index is 12.0. The van der Waals surface area contributed by atoms with E-state index in [9.17, 15) is 14.9 Å². The Morgan fingerprint density at radius 1 is 1.36 bits per heavy atom. The fourth-order valence-corrected chi connectivity index (χ4v) is 2.38. The summed E-state index contributed by atoms with van der Waals surface area (Å²) in [4.78, 5) is 28.0. The SMILES string of the molecule is CCOc1ccc(Cc2c(C)[nH]c(=S)[nH]c2=O)cc1[N+](=O)[O-]. The highest BCUT2D eigenvalue weighted by Gasteiger charge is 2.17. The summed E-state index contributed by atoms with van der Waals surface area (Å²) in [6, 6.07) is 4.68. The van der Waals surface area contributed by atoms with Crippen LogP contribution in [0.25, 0.3) is 0 Å². The predicted molar refractivity (Wildman–Crippen MR) is 84.1 cm³/mol. The quantitative estimate of drug-likeness (QED) is 0.501. The molecule has 0 aliphatic carbocycles. The lowest BCUT2D eigenvalue weighted by molar-refractivity contribution is -0.385. The van der Waals surface area contributed by atoms with Crippen molar-refractivity contribution in [3.8, 4) is 5.75 Å². The molecule has 1 aromatic carbocycles. The monoisotopic (exact) mass is 321 g/mol. The van der Waals surface area contributed by atoms with E-state index < -0.39 is 4.92 Å². The highest BCUT2D eigenvalue weighted by molar-refractivity contribution is 7.71. The van der Waals surface area contributed by atoms with Crippen LogP contribution in [-0.4, -0.2) is 21.5 Å². The number of aromatic nitrogens is 2. The van der Waals surface area contributed by atoms with E-state index in [1.165, 1.54) is 6.07 Å². The van der Waals surface area contributed by atoms with Gasteiger partial charge in [-0.2, -0.15) is 0 Å². The van der Waals surface area contributed by atoms with Gasteiger partial charge in [-0.25, -0.2) is 0 Å². The standard InChI is InChI=1S/C14H15N3O4S/c1-3-21-12-5-4-9(7-11(12)17(19)20)6-10-8(2)15-14(22)16-13(10)18/h4-5,7H,3,6H2,1-2H3,(H2,15,16,18,22). The van der Waals surface area contributed by atoms with E-state index in [4.69, 9.17) is 17.0 Å². The number of nitrogens with zero attached hydrogens (tertiary/aromatic N) is 1. The molecule has 7 nitrogen and oxygen atoms in total. The first-order valence-corrected chi connectivity index (χ1v) is 7.05. The molecule has 1 aromatic heterocycles. The number of aryl methyl sites for hydroxylation is 1. The first-order chi connectivity index (χ1) is 10.4. The zero-order valence-corrected chi connectivity index (χ0v) is 13.0. The highest BCUT2D eigenvalue weighted by Crippen LogP contribution is 2.28. The Morgan fingerprint density at radius 2 is 2.09 bits per heavy atom. The van der Waals surface area contributed by atoms with Crippen molar-refractivity contribution in [2.75, 3.05) is 6.61 Å². The molecule has 0 spiro atoms. The van der Waals surface area contributed by atoms with E-state index in [2.05, 4.69) is 9.97 Å². The van der Waals surface area contributed by atoms with E-state index >= 15 is 0 Å². The highest BCUT2D eigenvalue weighted by atomic mass is 32.1. The molecule has 0 saturated heterocycles. The summed E-state index contributed by atoms with van der Waals surface area (Å²) in [6.45, 7) is 3.84. The number of hydrogen-bond donors (Lipinski definition) is 2. The first kappa shape index (κ1) is 15.9. The maximum Gasteiger partial charge on any atom is 0.311 e. The summed E-state index contributed by atoms with van der Waals surface area (Å²) in [5.74, 6) is 0.217. The van der Waals surface area contributed by atoms with Gasteiger partial charge in [0.15, 0.2) is 10.5 Å². The van der Waals surface area contributed by atoms with Gasteiger partial charge in [-0.15, -0.1) is 0 Å². The van der Waals surface area contributed by atoms with Crippen molar-refractivity contribution in [1.82, 2.24) is 9.97 Å². The molecule has 0 fully saturated rings. The molecule has 8 heteroatoms. The van der Waals surface area contributed by atoms with E-state index in [1.807, 2.05) is 0 Å². The smallest absolute Gasteiger partial charge is 0.311 e. The van der Waals surface area contributed by atoms with Crippen molar-refractivity contribution < 1.29 is 9.66 Å². The Kier molecular flexibility index (Phi) is 4.71. The summed E-state index contributed by atoms with van der Waals surface area (Å²) in [6.07, 6.45) is 0.264. The molecule has 0 atom stereocenters. The third-order valence-corrected chi connectivity index (χ3v) is 3.36. The van der Waals surface area contributed by atoms with Crippen molar-refractivity contribution >= 4 is 17.9 Å². The van der Waals surface area contributed by atoms with Crippen LogP contribution >= 0.6 is 12.2 Å². The molecule has 116 valence electrons. The minimum absolute atomic E-state index is 0.114. The molecule has 22 heavy (non-hydrogen) atoms. The molecule has 0 unspecified atom stereocenters. The van der Waals surface area contributed by atoms with Gasteiger partial charge in [0.05, 0.1) is 11.5 Å². The van der Waals surface area contributed by atoms with Crippen LogP contribution in [0.4, 0.5) is 5.69 Å². The zero-order valence-electron chi connectivity index (χ0n) is 12.1. The van der Waals surface area contributed by atoms with Crippen molar-refractivity contribution in [2.24, 2.45) is 0 Å². The van der Waals surface area contributed by atoms with Crippen molar-refractivity contribution in [3.63, 3.8) is 0 Å². The Morgan fingerprint density at radius 3 is 2.68 bits per heavy atom. The van der Waals surface area contributed by atoms with Crippen LogP contribution in [0.1, 0.15) is 23.7 Å². The second-order valence-corrected chi connectivity index (χ2v) is 5.09. The molecule has 0 aliphatic heterocycles. The van der Waals surface area contributed by atoms with Crippen molar-refractivity contribution in [2.45, 2.75) is 20.3 Å². The van der Waals surface area contributed by atoms with Crippen LogP contribution in [0, 0.1) is 21.8 Å². The molecule has 1 heterocycles. The number of nitrogens with one attached hydrogen (secondary N) is 2. The fourth-order valence-electron chi connectivity index (χ4n) is 2.14. The van der Waals surface area contributed by atoms with E-state index in [0.717, 1.165) is 0 Å². The van der Waals surface area contributed by atoms with Crippen molar-refractivity contribution in [3.05, 3.63) is 60.3 Å². The van der Waals surface area contributed by atoms with E-state index in [-0.39, 0.29) is 28.2 Å². The third kappa shape index (κ3) is 3.40. The second-order valence-electron chi connectivity index (χ2n) is 4.68. The Balaban J connectivity index is 2.43. The minimum atomic E-state index is -0.496. The largest absolute Gasteiger partial charge is 0.487 e. The fraction of sp³-hybridized carbons (Fsp3) is 0.286. The molecule has 0 aliphatic rings. The number of rotatable bonds is 5. The second kappa shape index (κ2) is 6.52. The summed E-state index contributed by atoms with van der Waals surface area (Å²) in [5, 5.41) is 11.1. The van der Waals surface area contributed by atoms with Crippen LogP contribution in [0.2, 0.25) is 0 Å². The van der Waals surface area contributed by atoms with Crippen LogP contribution < -0.4 is 10.3 Å². The average molecular weight is 321 g/mol. The summed E-state index contributed by atoms with van der Waals surface area (Å²) < 4.78 is 5.49. The lowest BCUT2D eigenvalue weighted by atomic mass is 10.0. The van der Waals surface area contributed by atoms with Crippen molar-refractivity contribution in [1.29, 1.82) is 0 Å². The molecule has 2 N–H and O–H groups in total. The van der Waals surface area contributed by atoms with Crippen LogP contribution in [-0.2, 0) is 6.42 Å². The number of nitro groups is 1. The molecule has 0 radical (unpaired) electrons. The van der Waals surface area contributed by atoms with Gasteiger partial charge >= 0.3 is 5.69 Å². The van der Waals surface area contributed by atoms with Crippen LogP contribution in [0.5, 0.6) is 5.75 Å². The molecule has 0 bridgehead atoms. The maximum atomic E-state index is 12.0. The first-order valence-electron chi connectivity index (χ1n) is 6.64. The van der Waals surface area contributed by atoms with Gasteiger partial charge < -0.3 is 9.72 Å². The lowest BCUT2D eigenvalue weighted by Gasteiger charge is -2.08. The van der Waals surface area contributed by atoms with Gasteiger partial charge in [0.25, 0.3) is 5.56 Å². The van der Waals surface area contributed by atoms with Gasteiger partial charge in [0.2, 0.25) is 0 Å². The number of H-pyrrole nitrogens is 2. The summed E-state index contributed by atoms with van der Waals surface area (Å²) in [5.41, 5.74) is 1.38. The topological polar surface area (TPSA) is 101 Å². The van der Waals surface area contributed by atoms with Gasteiger partial charge in [0, 0.05) is 23.7 Å².